The molecule has 0 fully saturated rings. The maximum Gasteiger partial charge on any atom is 0.262 e. The smallest absolute Gasteiger partial charge is 0.262 e. The standard InChI is InChI=1S/C26H31N5O3S/c1-4-29(18-20-12-7-6-8-13-20)23(32)19(3)35-26-28-27-25-30(16-11-17-34-5-2)24(33)21-14-9-10-15-22(21)31(25)26/h6-10,12-15,19H,4-5,11,16-18H2,1-3H3. The summed E-state index contributed by atoms with van der Waals surface area (Å²) < 4.78 is 8.99. The summed E-state index contributed by atoms with van der Waals surface area (Å²) in [5.74, 6) is 0.511. The van der Waals surface area contributed by atoms with E-state index in [1.165, 1.54) is 11.8 Å². The summed E-state index contributed by atoms with van der Waals surface area (Å²) in [6, 6.07) is 17.4. The fourth-order valence-electron chi connectivity index (χ4n) is 4.10. The van der Waals surface area contributed by atoms with Crippen LogP contribution in [-0.4, -0.2) is 55.0 Å². The first-order valence-corrected chi connectivity index (χ1v) is 12.9. The van der Waals surface area contributed by atoms with Gasteiger partial charge in [-0.3, -0.25) is 18.6 Å². The first kappa shape index (κ1) is 24.9. The lowest BCUT2D eigenvalue weighted by Gasteiger charge is -2.24. The summed E-state index contributed by atoms with van der Waals surface area (Å²) in [5, 5.41) is 9.57. The molecular weight excluding hydrogens is 462 g/mol. The molecular formula is C26H31N5O3S. The van der Waals surface area contributed by atoms with Gasteiger partial charge in [-0.25, -0.2) is 0 Å². The highest BCUT2D eigenvalue weighted by molar-refractivity contribution is 8.00. The van der Waals surface area contributed by atoms with Crippen LogP contribution in [0, 0.1) is 0 Å². The minimum Gasteiger partial charge on any atom is -0.382 e. The topological polar surface area (TPSA) is 81.7 Å². The number of fused-ring (bicyclic) bond motifs is 3. The van der Waals surface area contributed by atoms with Gasteiger partial charge in [0.2, 0.25) is 11.7 Å². The van der Waals surface area contributed by atoms with Crippen molar-refractivity contribution < 1.29 is 9.53 Å². The molecule has 0 N–H and O–H groups in total. The Labute approximate surface area is 208 Å². The number of carbonyl (C=O) groups is 1. The Hall–Kier alpha value is -3.17. The zero-order valence-electron chi connectivity index (χ0n) is 20.4. The third-order valence-electron chi connectivity index (χ3n) is 5.89. The predicted octanol–water partition coefficient (Wildman–Crippen LogP) is 4.00. The third-order valence-corrected chi connectivity index (χ3v) is 6.92. The number of nitrogens with zero attached hydrogens (tertiary/aromatic N) is 5. The number of benzene rings is 2. The molecule has 0 aliphatic carbocycles. The molecule has 1 unspecified atom stereocenters. The number of hydrogen-bond donors (Lipinski definition) is 0. The lowest BCUT2D eigenvalue weighted by Crippen LogP contribution is -2.36. The lowest BCUT2D eigenvalue weighted by molar-refractivity contribution is -0.130. The molecule has 8 nitrogen and oxygen atoms in total. The molecule has 4 rings (SSSR count). The number of aryl methyl sites for hydroxylation is 1. The van der Waals surface area contributed by atoms with Crippen LogP contribution in [0.25, 0.3) is 16.7 Å². The van der Waals surface area contributed by atoms with Crippen LogP contribution in [0.4, 0.5) is 0 Å². The molecule has 0 spiro atoms. The molecule has 1 atom stereocenters. The zero-order valence-corrected chi connectivity index (χ0v) is 21.2. The van der Waals surface area contributed by atoms with Gasteiger partial charge in [0.25, 0.3) is 5.56 Å². The van der Waals surface area contributed by atoms with E-state index < -0.39 is 0 Å². The first-order valence-electron chi connectivity index (χ1n) is 12.0. The second kappa shape index (κ2) is 11.5. The summed E-state index contributed by atoms with van der Waals surface area (Å²) in [4.78, 5) is 28.4. The molecule has 0 aliphatic rings. The van der Waals surface area contributed by atoms with Gasteiger partial charge in [-0.2, -0.15) is 0 Å². The third kappa shape index (κ3) is 5.41. The van der Waals surface area contributed by atoms with Gasteiger partial charge in [0, 0.05) is 32.8 Å². The second-order valence-electron chi connectivity index (χ2n) is 8.24. The molecule has 2 aromatic carbocycles. The summed E-state index contributed by atoms with van der Waals surface area (Å²) in [7, 11) is 0. The second-order valence-corrected chi connectivity index (χ2v) is 9.55. The van der Waals surface area contributed by atoms with Gasteiger partial charge in [0.05, 0.1) is 16.2 Å². The number of hydrogen-bond acceptors (Lipinski definition) is 6. The Kier molecular flexibility index (Phi) is 8.20. The van der Waals surface area contributed by atoms with Gasteiger partial charge in [0.1, 0.15) is 0 Å². The number of aromatic nitrogens is 4. The quantitative estimate of drug-likeness (QED) is 0.232. The molecule has 2 heterocycles. The minimum atomic E-state index is -0.372. The van der Waals surface area contributed by atoms with Crippen molar-refractivity contribution in [2.45, 2.75) is 50.7 Å². The molecule has 184 valence electrons. The van der Waals surface area contributed by atoms with Crippen molar-refractivity contribution in [2.75, 3.05) is 19.8 Å². The van der Waals surface area contributed by atoms with Crippen molar-refractivity contribution in [1.29, 1.82) is 0 Å². The van der Waals surface area contributed by atoms with Gasteiger partial charge in [-0.15, -0.1) is 10.2 Å². The number of para-hydroxylation sites is 1. The van der Waals surface area contributed by atoms with E-state index in [1.54, 1.807) is 4.57 Å². The van der Waals surface area contributed by atoms with Crippen LogP contribution in [0.3, 0.4) is 0 Å². The summed E-state index contributed by atoms with van der Waals surface area (Å²) in [6.07, 6.45) is 0.691. The van der Waals surface area contributed by atoms with Crippen LogP contribution in [0.5, 0.6) is 0 Å². The van der Waals surface area contributed by atoms with Crippen LogP contribution in [-0.2, 0) is 22.6 Å². The van der Waals surface area contributed by atoms with E-state index >= 15 is 0 Å². The number of carbonyl (C=O) groups excluding carboxylic acids is 1. The number of rotatable bonds is 11. The fraction of sp³-hybridized carbons (Fsp3) is 0.385. The van der Waals surface area contributed by atoms with Crippen molar-refractivity contribution in [3.05, 3.63) is 70.5 Å². The van der Waals surface area contributed by atoms with Crippen LogP contribution in [0.2, 0.25) is 0 Å². The van der Waals surface area contributed by atoms with E-state index in [0.29, 0.717) is 55.6 Å². The Bertz CT molecular complexity index is 1350. The Morgan fingerprint density at radius 2 is 1.83 bits per heavy atom. The van der Waals surface area contributed by atoms with E-state index in [1.807, 2.05) is 84.7 Å². The average Bonchev–Trinajstić information content (AvgIpc) is 3.30. The van der Waals surface area contributed by atoms with Gasteiger partial charge >= 0.3 is 0 Å². The highest BCUT2D eigenvalue weighted by Gasteiger charge is 2.24. The van der Waals surface area contributed by atoms with E-state index in [2.05, 4.69) is 10.2 Å². The Morgan fingerprint density at radius 3 is 2.57 bits per heavy atom. The van der Waals surface area contributed by atoms with E-state index in [-0.39, 0.29) is 16.7 Å². The molecule has 0 bridgehead atoms. The molecule has 1 amide bonds. The summed E-state index contributed by atoms with van der Waals surface area (Å²) in [5.41, 5.74) is 1.73. The number of thioether (sulfide) groups is 1. The van der Waals surface area contributed by atoms with Crippen LogP contribution >= 0.6 is 11.8 Å². The van der Waals surface area contributed by atoms with Gasteiger partial charge in [0.15, 0.2) is 5.16 Å². The van der Waals surface area contributed by atoms with Crippen LogP contribution < -0.4 is 5.56 Å². The monoisotopic (exact) mass is 493 g/mol. The zero-order chi connectivity index (χ0) is 24.8. The fourth-order valence-corrected chi connectivity index (χ4v) is 5.04. The summed E-state index contributed by atoms with van der Waals surface area (Å²) in [6.45, 7) is 8.68. The molecule has 0 radical (unpaired) electrons. The van der Waals surface area contributed by atoms with E-state index in [4.69, 9.17) is 4.74 Å². The lowest BCUT2D eigenvalue weighted by atomic mass is 10.2. The van der Waals surface area contributed by atoms with Crippen LogP contribution in [0.15, 0.2) is 64.5 Å². The van der Waals surface area contributed by atoms with Crippen molar-refractivity contribution in [3.8, 4) is 0 Å². The van der Waals surface area contributed by atoms with Gasteiger partial charge in [-0.05, 0) is 44.9 Å². The van der Waals surface area contributed by atoms with Gasteiger partial charge < -0.3 is 9.64 Å². The van der Waals surface area contributed by atoms with Crippen molar-refractivity contribution in [1.82, 2.24) is 24.1 Å². The average molecular weight is 494 g/mol. The molecule has 9 heteroatoms. The van der Waals surface area contributed by atoms with E-state index in [0.717, 1.165) is 11.1 Å². The maximum absolute atomic E-state index is 13.3. The van der Waals surface area contributed by atoms with Crippen molar-refractivity contribution in [3.63, 3.8) is 0 Å². The predicted molar refractivity (Wildman–Crippen MR) is 139 cm³/mol. The number of amides is 1. The summed E-state index contributed by atoms with van der Waals surface area (Å²) >= 11 is 1.36. The van der Waals surface area contributed by atoms with Crippen LogP contribution in [0.1, 0.15) is 32.8 Å². The highest BCUT2D eigenvalue weighted by atomic mass is 32.2. The maximum atomic E-state index is 13.3. The Balaban J connectivity index is 1.64. The van der Waals surface area contributed by atoms with Crippen molar-refractivity contribution >= 4 is 34.3 Å². The molecule has 0 aliphatic heterocycles. The molecule has 0 saturated carbocycles. The minimum absolute atomic E-state index is 0.0347. The molecule has 0 saturated heterocycles. The highest BCUT2D eigenvalue weighted by Crippen LogP contribution is 2.26. The molecule has 4 aromatic rings. The van der Waals surface area contributed by atoms with E-state index in [9.17, 15) is 9.59 Å². The number of ether oxygens (including phenoxy) is 1. The SMILES string of the molecule is CCOCCCn1c(=O)c2ccccc2n2c(SC(C)C(=O)N(CC)Cc3ccccc3)nnc12. The largest absolute Gasteiger partial charge is 0.382 e. The molecule has 2 aromatic heterocycles. The normalized spacial score (nSPS) is 12.3. The molecule has 35 heavy (non-hydrogen) atoms. The Morgan fingerprint density at radius 1 is 1.09 bits per heavy atom. The van der Waals surface area contributed by atoms with Gasteiger partial charge in [-0.1, -0.05) is 54.2 Å². The van der Waals surface area contributed by atoms with Crippen molar-refractivity contribution in [2.24, 2.45) is 0 Å². The first-order chi connectivity index (χ1) is 17.0.